The van der Waals surface area contributed by atoms with Crippen molar-refractivity contribution in [1.29, 1.82) is 5.26 Å². The van der Waals surface area contributed by atoms with Gasteiger partial charge in [0.05, 0.1) is 23.8 Å². The summed E-state index contributed by atoms with van der Waals surface area (Å²) in [5.74, 6) is 0.240. The van der Waals surface area contributed by atoms with Crippen molar-refractivity contribution in [2.24, 2.45) is 0 Å². The predicted molar refractivity (Wildman–Crippen MR) is 77.7 cm³/mol. The van der Waals surface area contributed by atoms with Gasteiger partial charge in [0, 0.05) is 0 Å². The van der Waals surface area contributed by atoms with Crippen LogP contribution >= 0.6 is 0 Å². The first-order valence-electron chi connectivity index (χ1n) is 7.25. The average Bonchev–Trinajstić information content (AvgIpc) is 2.49. The molecule has 1 saturated carbocycles. The molecule has 21 heavy (non-hydrogen) atoms. The Morgan fingerprint density at radius 3 is 2.95 bits per heavy atom. The zero-order valence-corrected chi connectivity index (χ0v) is 12.1. The lowest BCUT2D eigenvalue weighted by Crippen LogP contribution is -2.49. The van der Waals surface area contributed by atoms with E-state index in [0.29, 0.717) is 11.3 Å². The summed E-state index contributed by atoms with van der Waals surface area (Å²) in [5.41, 5.74) is 0.489. The molecule has 0 aromatic heterocycles. The van der Waals surface area contributed by atoms with E-state index in [-0.39, 0.29) is 11.9 Å². The van der Waals surface area contributed by atoms with Gasteiger partial charge in [0.2, 0.25) is 0 Å². The van der Waals surface area contributed by atoms with Gasteiger partial charge in [-0.3, -0.25) is 4.79 Å². The van der Waals surface area contributed by atoms with Crippen LogP contribution in [0.1, 0.15) is 38.2 Å². The number of carbonyl (C=O) groups is 1. The van der Waals surface area contributed by atoms with E-state index in [1.54, 1.807) is 31.2 Å². The molecule has 1 aromatic rings. The summed E-state index contributed by atoms with van der Waals surface area (Å²) >= 11 is 0. The van der Waals surface area contributed by atoms with Gasteiger partial charge in [0.25, 0.3) is 5.91 Å². The van der Waals surface area contributed by atoms with Crippen LogP contribution in [0.15, 0.2) is 24.3 Å². The van der Waals surface area contributed by atoms with Gasteiger partial charge in [-0.2, -0.15) is 5.26 Å². The zero-order chi connectivity index (χ0) is 15.2. The van der Waals surface area contributed by atoms with E-state index < -0.39 is 12.2 Å². The molecule has 0 heterocycles. The molecule has 3 atom stereocenters. The average molecular weight is 288 g/mol. The Morgan fingerprint density at radius 2 is 2.24 bits per heavy atom. The van der Waals surface area contributed by atoms with E-state index in [1.165, 1.54) is 0 Å². The molecule has 1 fully saturated rings. The number of nitrogens with zero attached hydrogens (tertiary/aromatic N) is 1. The van der Waals surface area contributed by atoms with Gasteiger partial charge >= 0.3 is 0 Å². The van der Waals surface area contributed by atoms with Crippen LogP contribution in [0.4, 0.5) is 0 Å². The Labute approximate surface area is 124 Å². The lowest BCUT2D eigenvalue weighted by molar-refractivity contribution is -0.129. The van der Waals surface area contributed by atoms with E-state index in [1.807, 2.05) is 6.07 Å². The highest BCUT2D eigenvalue weighted by Crippen LogP contribution is 2.19. The molecule has 0 radical (unpaired) electrons. The standard InChI is InChI=1S/C16H20N2O3/c1-11(21-13-6-4-5-12(9-13)10-17)16(20)18-14-7-2-3-8-15(14)19/h4-6,9,11,14-15,19H,2-3,7-8H2,1H3,(H,18,20). The summed E-state index contributed by atoms with van der Waals surface area (Å²) in [6, 6.07) is 8.53. The summed E-state index contributed by atoms with van der Waals surface area (Å²) in [5, 5.41) is 21.5. The van der Waals surface area contributed by atoms with E-state index >= 15 is 0 Å². The summed E-state index contributed by atoms with van der Waals surface area (Å²) in [6.45, 7) is 1.66. The van der Waals surface area contributed by atoms with Gasteiger partial charge in [-0.1, -0.05) is 18.9 Å². The second-order valence-corrected chi connectivity index (χ2v) is 5.37. The summed E-state index contributed by atoms with van der Waals surface area (Å²) in [4.78, 5) is 12.1. The number of rotatable bonds is 4. The van der Waals surface area contributed by atoms with E-state index in [2.05, 4.69) is 5.32 Å². The molecule has 0 saturated heterocycles. The van der Waals surface area contributed by atoms with Crippen LogP contribution in [-0.4, -0.2) is 29.3 Å². The number of aliphatic hydroxyl groups excluding tert-OH is 1. The fourth-order valence-electron chi connectivity index (χ4n) is 2.48. The van der Waals surface area contributed by atoms with Gasteiger partial charge in [0.15, 0.2) is 6.10 Å². The molecule has 1 amide bonds. The third-order valence-corrected chi connectivity index (χ3v) is 3.70. The number of hydrogen-bond acceptors (Lipinski definition) is 4. The van der Waals surface area contributed by atoms with E-state index in [9.17, 15) is 9.90 Å². The van der Waals surface area contributed by atoms with Crippen molar-refractivity contribution < 1.29 is 14.6 Å². The third-order valence-electron chi connectivity index (χ3n) is 3.70. The second-order valence-electron chi connectivity index (χ2n) is 5.37. The van der Waals surface area contributed by atoms with Crippen LogP contribution in [0.25, 0.3) is 0 Å². The first-order chi connectivity index (χ1) is 10.1. The maximum atomic E-state index is 12.1. The van der Waals surface area contributed by atoms with Gasteiger partial charge in [-0.25, -0.2) is 0 Å². The van der Waals surface area contributed by atoms with Crippen molar-refractivity contribution >= 4 is 5.91 Å². The van der Waals surface area contributed by atoms with Gasteiger partial charge in [-0.05, 0) is 38.0 Å². The smallest absolute Gasteiger partial charge is 0.261 e. The monoisotopic (exact) mass is 288 g/mol. The lowest BCUT2D eigenvalue weighted by Gasteiger charge is -2.29. The molecule has 3 unspecified atom stereocenters. The summed E-state index contributed by atoms with van der Waals surface area (Å²) < 4.78 is 5.55. The Morgan fingerprint density at radius 1 is 1.48 bits per heavy atom. The van der Waals surface area contributed by atoms with Gasteiger partial charge in [-0.15, -0.1) is 0 Å². The molecule has 1 aromatic carbocycles. The lowest BCUT2D eigenvalue weighted by atomic mass is 9.92. The minimum atomic E-state index is -0.673. The number of ether oxygens (including phenoxy) is 1. The Balaban J connectivity index is 1.91. The largest absolute Gasteiger partial charge is 0.481 e. The SMILES string of the molecule is CC(Oc1cccc(C#N)c1)C(=O)NC1CCCCC1O. The first kappa shape index (κ1) is 15.3. The molecule has 1 aliphatic carbocycles. The van der Waals surface area contributed by atoms with Crippen molar-refractivity contribution in [3.63, 3.8) is 0 Å². The van der Waals surface area contributed by atoms with Crippen LogP contribution < -0.4 is 10.1 Å². The molecule has 1 aliphatic rings. The highest BCUT2D eigenvalue weighted by Gasteiger charge is 2.26. The molecular weight excluding hydrogens is 268 g/mol. The van der Waals surface area contributed by atoms with Crippen LogP contribution in [0.5, 0.6) is 5.75 Å². The minimum Gasteiger partial charge on any atom is -0.481 e. The Hall–Kier alpha value is -2.06. The quantitative estimate of drug-likeness (QED) is 0.884. The summed E-state index contributed by atoms with van der Waals surface area (Å²) in [7, 11) is 0. The normalized spacial score (nSPS) is 22.9. The fraction of sp³-hybridized carbons (Fsp3) is 0.500. The molecule has 5 nitrogen and oxygen atoms in total. The van der Waals surface area contributed by atoms with Crippen molar-refractivity contribution in [2.45, 2.75) is 50.9 Å². The third kappa shape index (κ3) is 4.20. The van der Waals surface area contributed by atoms with Crippen LogP contribution in [0.3, 0.4) is 0 Å². The van der Waals surface area contributed by atoms with Crippen LogP contribution in [-0.2, 0) is 4.79 Å². The number of amides is 1. The number of nitrogens with one attached hydrogen (secondary N) is 1. The second kappa shape index (κ2) is 7.09. The maximum Gasteiger partial charge on any atom is 0.261 e. The topological polar surface area (TPSA) is 82.3 Å². The molecule has 2 rings (SSSR count). The van der Waals surface area contributed by atoms with E-state index in [0.717, 1.165) is 25.7 Å². The Bertz CT molecular complexity index is 539. The molecule has 0 spiro atoms. The summed E-state index contributed by atoms with van der Waals surface area (Å²) in [6.07, 6.45) is 2.39. The zero-order valence-electron chi connectivity index (χ0n) is 12.1. The van der Waals surface area contributed by atoms with Crippen molar-refractivity contribution in [2.75, 3.05) is 0 Å². The highest BCUT2D eigenvalue weighted by molar-refractivity contribution is 5.81. The number of hydrogen-bond donors (Lipinski definition) is 2. The molecule has 0 bridgehead atoms. The number of benzene rings is 1. The van der Waals surface area contributed by atoms with Crippen LogP contribution in [0.2, 0.25) is 0 Å². The molecular formula is C16H20N2O3. The van der Waals surface area contributed by atoms with Gasteiger partial charge in [0.1, 0.15) is 5.75 Å². The minimum absolute atomic E-state index is 0.192. The molecule has 5 heteroatoms. The maximum absolute atomic E-state index is 12.1. The first-order valence-corrected chi connectivity index (χ1v) is 7.25. The highest BCUT2D eigenvalue weighted by atomic mass is 16.5. The number of carbonyl (C=O) groups excluding carboxylic acids is 1. The molecule has 2 N–H and O–H groups in total. The number of nitriles is 1. The predicted octanol–water partition coefficient (Wildman–Crippen LogP) is 1.75. The van der Waals surface area contributed by atoms with Crippen molar-refractivity contribution in [1.82, 2.24) is 5.32 Å². The van der Waals surface area contributed by atoms with Gasteiger partial charge < -0.3 is 15.2 Å². The van der Waals surface area contributed by atoms with E-state index in [4.69, 9.17) is 10.00 Å². The Kier molecular flexibility index (Phi) is 5.18. The molecule has 0 aliphatic heterocycles. The number of aliphatic hydroxyl groups is 1. The molecule has 112 valence electrons. The fourth-order valence-corrected chi connectivity index (χ4v) is 2.48. The van der Waals surface area contributed by atoms with Crippen LogP contribution in [0, 0.1) is 11.3 Å². The van der Waals surface area contributed by atoms with Crippen molar-refractivity contribution in [3.05, 3.63) is 29.8 Å². The van der Waals surface area contributed by atoms with Crippen molar-refractivity contribution in [3.8, 4) is 11.8 Å².